The van der Waals surface area contributed by atoms with Gasteiger partial charge in [0, 0.05) is 6.20 Å². The third-order valence-electron chi connectivity index (χ3n) is 3.56. The van der Waals surface area contributed by atoms with Gasteiger partial charge in [0.15, 0.2) is 5.65 Å². The normalized spacial score (nSPS) is 11.4. The van der Waals surface area contributed by atoms with Crippen molar-refractivity contribution >= 4 is 22.5 Å². The monoisotopic (exact) mass is 282 g/mol. The zero-order valence-electron chi connectivity index (χ0n) is 11.7. The van der Waals surface area contributed by atoms with Gasteiger partial charge >= 0.3 is 5.97 Å². The summed E-state index contributed by atoms with van der Waals surface area (Å²) < 4.78 is 1.29. The number of hydrogen-bond donors (Lipinski definition) is 1. The molecular formula is C16H14N2O3. The lowest BCUT2D eigenvalue weighted by molar-refractivity contribution is 0.0698. The van der Waals surface area contributed by atoms with Crippen LogP contribution in [-0.4, -0.2) is 20.5 Å². The van der Waals surface area contributed by atoms with Crippen molar-refractivity contribution in [2.24, 2.45) is 0 Å². The van der Waals surface area contributed by atoms with Crippen molar-refractivity contribution in [1.82, 2.24) is 9.38 Å². The third kappa shape index (κ3) is 2.07. The maximum absolute atomic E-state index is 12.6. The molecule has 0 aliphatic heterocycles. The third-order valence-corrected chi connectivity index (χ3v) is 3.56. The fraction of sp³-hybridized carbons (Fsp3) is 0.188. The van der Waals surface area contributed by atoms with Crippen LogP contribution in [0.5, 0.6) is 0 Å². The molecule has 0 spiro atoms. The first-order chi connectivity index (χ1) is 9.99. The number of fused-ring (bicyclic) bond motifs is 2. The fourth-order valence-corrected chi connectivity index (χ4v) is 2.37. The van der Waals surface area contributed by atoms with Crippen LogP contribution in [-0.2, 0) is 0 Å². The Bertz CT molecular complexity index is 926. The summed E-state index contributed by atoms with van der Waals surface area (Å²) in [6.45, 7) is 4.10. The first kappa shape index (κ1) is 13.3. The second-order valence-corrected chi connectivity index (χ2v) is 5.27. The van der Waals surface area contributed by atoms with Gasteiger partial charge in [-0.25, -0.2) is 9.78 Å². The van der Waals surface area contributed by atoms with Crippen LogP contribution >= 0.6 is 0 Å². The number of benzene rings is 1. The van der Waals surface area contributed by atoms with Crippen LogP contribution < -0.4 is 5.56 Å². The van der Waals surface area contributed by atoms with Gasteiger partial charge in [-0.05, 0) is 35.7 Å². The first-order valence-corrected chi connectivity index (χ1v) is 6.67. The zero-order valence-corrected chi connectivity index (χ0v) is 11.7. The number of aromatic nitrogens is 2. The SMILES string of the molecule is CC(C)c1ccc2nc3c(C(=O)O)cccn3c(=O)c2c1. The summed E-state index contributed by atoms with van der Waals surface area (Å²) in [4.78, 5) is 28.2. The van der Waals surface area contributed by atoms with Crippen molar-refractivity contribution < 1.29 is 9.90 Å². The highest BCUT2D eigenvalue weighted by atomic mass is 16.4. The molecule has 0 atom stereocenters. The number of nitrogens with zero attached hydrogens (tertiary/aromatic N) is 2. The molecule has 106 valence electrons. The van der Waals surface area contributed by atoms with E-state index in [2.05, 4.69) is 18.8 Å². The molecule has 1 N–H and O–H groups in total. The van der Waals surface area contributed by atoms with E-state index in [1.54, 1.807) is 12.3 Å². The number of carbonyl (C=O) groups is 1. The molecular weight excluding hydrogens is 268 g/mol. The van der Waals surface area contributed by atoms with Gasteiger partial charge in [-0.2, -0.15) is 0 Å². The number of aromatic carboxylic acids is 1. The first-order valence-electron chi connectivity index (χ1n) is 6.67. The molecule has 21 heavy (non-hydrogen) atoms. The Morgan fingerprint density at radius 2 is 2.05 bits per heavy atom. The highest BCUT2D eigenvalue weighted by Gasteiger charge is 2.13. The second-order valence-electron chi connectivity index (χ2n) is 5.27. The number of rotatable bonds is 2. The molecule has 0 aliphatic carbocycles. The van der Waals surface area contributed by atoms with Gasteiger partial charge in [0.2, 0.25) is 0 Å². The van der Waals surface area contributed by atoms with Crippen molar-refractivity contribution in [1.29, 1.82) is 0 Å². The van der Waals surface area contributed by atoms with Crippen molar-refractivity contribution in [3.8, 4) is 0 Å². The lowest BCUT2D eigenvalue weighted by atomic mass is 10.0. The van der Waals surface area contributed by atoms with Crippen LogP contribution in [0, 0.1) is 0 Å². The highest BCUT2D eigenvalue weighted by molar-refractivity contribution is 5.95. The van der Waals surface area contributed by atoms with Gasteiger partial charge in [0.25, 0.3) is 5.56 Å². The Kier molecular flexibility index (Phi) is 2.97. The van der Waals surface area contributed by atoms with Gasteiger partial charge in [0.1, 0.15) is 5.56 Å². The van der Waals surface area contributed by atoms with Gasteiger partial charge in [0.05, 0.1) is 10.9 Å². The molecule has 3 rings (SSSR count). The smallest absolute Gasteiger partial charge is 0.339 e. The van der Waals surface area contributed by atoms with Crippen LogP contribution in [0.25, 0.3) is 16.6 Å². The molecule has 2 heterocycles. The average Bonchev–Trinajstić information content (AvgIpc) is 2.46. The molecule has 0 amide bonds. The molecule has 0 radical (unpaired) electrons. The minimum Gasteiger partial charge on any atom is -0.478 e. The van der Waals surface area contributed by atoms with Gasteiger partial charge < -0.3 is 5.11 Å². The van der Waals surface area contributed by atoms with Crippen LogP contribution in [0.15, 0.2) is 41.3 Å². The lowest BCUT2D eigenvalue weighted by Gasteiger charge is -2.09. The van der Waals surface area contributed by atoms with Gasteiger partial charge in [-0.3, -0.25) is 9.20 Å². The second kappa shape index (κ2) is 4.70. The van der Waals surface area contributed by atoms with E-state index in [9.17, 15) is 14.7 Å². The minimum atomic E-state index is -1.10. The number of carboxylic acid groups (broad SMARTS) is 1. The largest absolute Gasteiger partial charge is 0.478 e. The van der Waals surface area contributed by atoms with E-state index >= 15 is 0 Å². The topological polar surface area (TPSA) is 71.7 Å². The predicted molar refractivity (Wildman–Crippen MR) is 80.0 cm³/mol. The summed E-state index contributed by atoms with van der Waals surface area (Å²) in [5.41, 5.74) is 1.50. The molecule has 0 fully saturated rings. The van der Waals surface area contributed by atoms with Crippen molar-refractivity contribution in [3.05, 3.63) is 58.0 Å². The average molecular weight is 282 g/mol. The minimum absolute atomic E-state index is 0.0180. The van der Waals surface area contributed by atoms with E-state index in [-0.39, 0.29) is 16.8 Å². The maximum atomic E-state index is 12.6. The zero-order chi connectivity index (χ0) is 15.1. The van der Waals surface area contributed by atoms with Crippen molar-refractivity contribution in [3.63, 3.8) is 0 Å². The molecule has 0 saturated carbocycles. The standard InChI is InChI=1S/C16H14N2O3/c1-9(2)10-5-6-13-12(8-10)15(19)18-7-3-4-11(16(20)21)14(18)17-13/h3-9H,1-2H3,(H,20,21). The van der Waals surface area contributed by atoms with Crippen LogP contribution in [0.1, 0.15) is 35.7 Å². The fourth-order valence-electron chi connectivity index (χ4n) is 2.37. The van der Waals surface area contributed by atoms with Crippen molar-refractivity contribution in [2.75, 3.05) is 0 Å². The van der Waals surface area contributed by atoms with E-state index in [1.807, 2.05) is 12.1 Å². The molecule has 0 bridgehead atoms. The Labute approximate surface area is 120 Å². The maximum Gasteiger partial charge on any atom is 0.339 e. The summed E-state index contributed by atoms with van der Waals surface area (Å²) in [5, 5.41) is 9.71. The van der Waals surface area contributed by atoms with Gasteiger partial charge in [-0.1, -0.05) is 19.9 Å². The Morgan fingerprint density at radius 1 is 1.29 bits per heavy atom. The molecule has 2 aromatic heterocycles. The quantitative estimate of drug-likeness (QED) is 0.733. The van der Waals surface area contributed by atoms with Gasteiger partial charge in [-0.15, -0.1) is 0 Å². The molecule has 1 aromatic carbocycles. The predicted octanol–water partition coefficient (Wildman–Crippen LogP) is 2.67. The summed E-state index contributed by atoms with van der Waals surface area (Å²) >= 11 is 0. The molecule has 5 heteroatoms. The van der Waals surface area contributed by atoms with E-state index < -0.39 is 5.97 Å². The number of hydrogen-bond acceptors (Lipinski definition) is 3. The number of carboxylic acids is 1. The van der Waals surface area contributed by atoms with E-state index in [1.165, 1.54) is 16.5 Å². The van der Waals surface area contributed by atoms with Crippen molar-refractivity contribution in [2.45, 2.75) is 19.8 Å². The molecule has 3 aromatic rings. The summed E-state index contributed by atoms with van der Waals surface area (Å²) in [6, 6.07) is 8.50. The van der Waals surface area contributed by atoms with Crippen LogP contribution in [0.3, 0.4) is 0 Å². The highest BCUT2D eigenvalue weighted by Crippen LogP contribution is 2.19. The molecule has 0 unspecified atom stereocenters. The molecule has 0 aliphatic rings. The van der Waals surface area contributed by atoms with E-state index in [4.69, 9.17) is 0 Å². The Balaban J connectivity index is 2.46. The summed E-state index contributed by atoms with van der Waals surface area (Å²) in [7, 11) is 0. The number of pyridine rings is 1. The van der Waals surface area contributed by atoms with Crippen LogP contribution in [0.4, 0.5) is 0 Å². The Morgan fingerprint density at radius 3 is 2.71 bits per heavy atom. The van der Waals surface area contributed by atoms with Crippen LogP contribution in [0.2, 0.25) is 0 Å². The molecule has 5 nitrogen and oxygen atoms in total. The Hall–Kier alpha value is -2.69. The molecule has 0 saturated heterocycles. The van der Waals surface area contributed by atoms with E-state index in [0.29, 0.717) is 16.8 Å². The summed E-state index contributed by atoms with van der Waals surface area (Å²) in [5.74, 6) is -0.794. The van der Waals surface area contributed by atoms with E-state index in [0.717, 1.165) is 5.56 Å². The summed E-state index contributed by atoms with van der Waals surface area (Å²) in [6.07, 6.45) is 1.54. The lowest BCUT2D eigenvalue weighted by Crippen LogP contribution is -2.17.